The largest absolute Gasteiger partial charge is 0.351 e. The molecule has 0 saturated carbocycles. The van der Waals surface area contributed by atoms with Crippen molar-refractivity contribution >= 4 is 6.03 Å². The molecule has 3 N–H and O–H groups in total. The summed E-state index contributed by atoms with van der Waals surface area (Å²) in [5, 5.41) is 3.54. The number of urea groups is 1. The molecular weight excluding hydrogens is 166 g/mol. The summed E-state index contributed by atoms with van der Waals surface area (Å²) < 4.78 is 0. The normalized spacial score (nSPS) is 37.5. The number of primary amides is 1. The van der Waals surface area contributed by atoms with Crippen molar-refractivity contribution < 1.29 is 4.79 Å². The van der Waals surface area contributed by atoms with E-state index >= 15 is 0 Å². The number of amides is 2. The van der Waals surface area contributed by atoms with Crippen LogP contribution < -0.4 is 11.1 Å². The molecule has 2 amide bonds. The van der Waals surface area contributed by atoms with Crippen LogP contribution in [0, 0.1) is 0 Å². The fourth-order valence-corrected chi connectivity index (χ4v) is 2.52. The Kier molecular flexibility index (Phi) is 2.15. The molecule has 2 heterocycles. The van der Waals surface area contributed by atoms with Gasteiger partial charge in [-0.15, -0.1) is 0 Å². The van der Waals surface area contributed by atoms with Gasteiger partial charge in [-0.2, -0.15) is 0 Å². The van der Waals surface area contributed by atoms with E-state index in [1.165, 1.54) is 12.8 Å². The molecule has 0 aromatic rings. The van der Waals surface area contributed by atoms with Gasteiger partial charge < -0.3 is 16.0 Å². The minimum Gasteiger partial charge on any atom is -0.351 e. The number of nitrogens with one attached hydrogen (secondary N) is 1. The Morgan fingerprint density at radius 3 is 2.38 bits per heavy atom. The zero-order valence-corrected chi connectivity index (χ0v) is 7.99. The summed E-state index contributed by atoms with van der Waals surface area (Å²) in [5.41, 5.74) is 5.24. The second kappa shape index (κ2) is 3.18. The van der Waals surface area contributed by atoms with Crippen LogP contribution in [0.3, 0.4) is 0 Å². The van der Waals surface area contributed by atoms with E-state index in [1.54, 1.807) is 11.9 Å². The minimum atomic E-state index is -0.300. The molecule has 4 heteroatoms. The first kappa shape index (κ1) is 8.81. The topological polar surface area (TPSA) is 58.4 Å². The maximum atomic E-state index is 11.0. The average Bonchev–Trinajstić information content (AvgIpc) is 2.44. The zero-order valence-electron chi connectivity index (χ0n) is 7.99. The first-order valence-electron chi connectivity index (χ1n) is 4.95. The SMILES string of the molecule is CN(C(N)=O)C1CC2CCC(C1)N2. The number of nitrogens with zero attached hydrogens (tertiary/aromatic N) is 1. The number of carbonyl (C=O) groups excluding carboxylic acids is 1. The summed E-state index contributed by atoms with van der Waals surface area (Å²) in [4.78, 5) is 12.6. The Morgan fingerprint density at radius 2 is 1.92 bits per heavy atom. The monoisotopic (exact) mass is 183 g/mol. The maximum Gasteiger partial charge on any atom is 0.314 e. The molecule has 0 radical (unpaired) electrons. The van der Waals surface area contributed by atoms with E-state index in [2.05, 4.69) is 5.32 Å². The lowest BCUT2D eigenvalue weighted by Crippen LogP contribution is -2.50. The lowest BCUT2D eigenvalue weighted by molar-refractivity contribution is 0.173. The van der Waals surface area contributed by atoms with Crippen LogP contribution in [0.5, 0.6) is 0 Å². The van der Waals surface area contributed by atoms with E-state index in [1.807, 2.05) is 0 Å². The number of fused-ring (bicyclic) bond motifs is 2. The van der Waals surface area contributed by atoms with Gasteiger partial charge in [0.1, 0.15) is 0 Å². The molecular formula is C9H17N3O. The van der Waals surface area contributed by atoms with Gasteiger partial charge in [-0.1, -0.05) is 0 Å². The van der Waals surface area contributed by atoms with Crippen LogP contribution in [0.15, 0.2) is 0 Å². The fraction of sp³-hybridized carbons (Fsp3) is 0.889. The van der Waals surface area contributed by atoms with Gasteiger partial charge in [0.15, 0.2) is 0 Å². The number of hydrogen-bond donors (Lipinski definition) is 2. The Morgan fingerprint density at radius 1 is 1.38 bits per heavy atom. The molecule has 2 fully saturated rings. The van der Waals surface area contributed by atoms with Crippen molar-refractivity contribution in [2.45, 2.75) is 43.8 Å². The third kappa shape index (κ3) is 1.63. The second-order valence-electron chi connectivity index (χ2n) is 4.21. The predicted molar refractivity (Wildman–Crippen MR) is 50.3 cm³/mol. The van der Waals surface area contributed by atoms with Gasteiger partial charge in [0.2, 0.25) is 0 Å². The summed E-state index contributed by atoms with van der Waals surface area (Å²) in [6.07, 6.45) is 4.65. The zero-order chi connectivity index (χ0) is 9.42. The van der Waals surface area contributed by atoms with Crippen molar-refractivity contribution in [3.63, 3.8) is 0 Å². The first-order chi connectivity index (χ1) is 6.16. The van der Waals surface area contributed by atoms with Crippen molar-refractivity contribution in [3.05, 3.63) is 0 Å². The van der Waals surface area contributed by atoms with Crippen molar-refractivity contribution in [1.82, 2.24) is 10.2 Å². The molecule has 0 aromatic heterocycles. The van der Waals surface area contributed by atoms with Crippen molar-refractivity contribution in [2.24, 2.45) is 5.73 Å². The Hall–Kier alpha value is -0.770. The fourth-order valence-electron chi connectivity index (χ4n) is 2.52. The van der Waals surface area contributed by atoms with E-state index in [-0.39, 0.29) is 6.03 Å². The Bertz CT molecular complexity index is 207. The molecule has 2 bridgehead atoms. The van der Waals surface area contributed by atoms with Crippen molar-refractivity contribution in [2.75, 3.05) is 7.05 Å². The number of piperidine rings is 1. The van der Waals surface area contributed by atoms with Gasteiger partial charge in [0.05, 0.1) is 0 Å². The second-order valence-corrected chi connectivity index (χ2v) is 4.21. The highest BCUT2D eigenvalue weighted by Crippen LogP contribution is 2.28. The highest BCUT2D eigenvalue weighted by Gasteiger charge is 2.35. The van der Waals surface area contributed by atoms with Crippen LogP contribution in [0.2, 0.25) is 0 Å². The standard InChI is InChI=1S/C9H17N3O/c1-12(9(10)13)8-4-6-2-3-7(5-8)11-6/h6-8,11H,2-5H2,1H3,(H2,10,13). The van der Waals surface area contributed by atoms with Gasteiger partial charge in [-0.05, 0) is 25.7 Å². The predicted octanol–water partition coefficient (Wildman–Crippen LogP) is 0.280. The molecule has 2 unspecified atom stereocenters. The van der Waals surface area contributed by atoms with Crippen molar-refractivity contribution in [1.29, 1.82) is 0 Å². The molecule has 2 aliphatic rings. The van der Waals surface area contributed by atoms with E-state index in [9.17, 15) is 4.79 Å². The molecule has 0 spiro atoms. The third-order valence-electron chi connectivity index (χ3n) is 3.34. The van der Waals surface area contributed by atoms with Gasteiger partial charge in [0, 0.05) is 25.2 Å². The number of carbonyl (C=O) groups is 1. The van der Waals surface area contributed by atoms with Crippen LogP contribution >= 0.6 is 0 Å². The van der Waals surface area contributed by atoms with E-state index in [4.69, 9.17) is 5.73 Å². The quantitative estimate of drug-likeness (QED) is 0.613. The van der Waals surface area contributed by atoms with E-state index < -0.39 is 0 Å². The molecule has 2 aliphatic heterocycles. The van der Waals surface area contributed by atoms with Crippen LogP contribution in [-0.2, 0) is 0 Å². The molecule has 2 saturated heterocycles. The third-order valence-corrected chi connectivity index (χ3v) is 3.34. The van der Waals surface area contributed by atoms with Crippen molar-refractivity contribution in [3.8, 4) is 0 Å². The summed E-state index contributed by atoms with van der Waals surface area (Å²) in [6.45, 7) is 0. The molecule has 0 aromatic carbocycles. The highest BCUT2D eigenvalue weighted by molar-refractivity contribution is 5.72. The molecule has 2 atom stereocenters. The lowest BCUT2D eigenvalue weighted by atomic mass is 9.99. The highest BCUT2D eigenvalue weighted by atomic mass is 16.2. The molecule has 2 rings (SSSR count). The van der Waals surface area contributed by atoms with Gasteiger partial charge in [0.25, 0.3) is 0 Å². The molecule has 4 nitrogen and oxygen atoms in total. The maximum absolute atomic E-state index is 11.0. The van der Waals surface area contributed by atoms with Crippen LogP contribution in [0.25, 0.3) is 0 Å². The average molecular weight is 183 g/mol. The summed E-state index contributed by atoms with van der Waals surface area (Å²) >= 11 is 0. The van der Waals surface area contributed by atoms with Crippen LogP contribution in [-0.4, -0.2) is 36.1 Å². The molecule has 0 aliphatic carbocycles. The Balaban J connectivity index is 1.98. The number of rotatable bonds is 1. The summed E-state index contributed by atoms with van der Waals surface area (Å²) in [7, 11) is 1.80. The van der Waals surface area contributed by atoms with Crippen LogP contribution in [0.1, 0.15) is 25.7 Å². The van der Waals surface area contributed by atoms with Gasteiger partial charge in [-0.3, -0.25) is 0 Å². The summed E-state index contributed by atoms with van der Waals surface area (Å²) in [5.74, 6) is 0. The summed E-state index contributed by atoms with van der Waals surface area (Å²) in [6, 6.07) is 1.29. The van der Waals surface area contributed by atoms with Gasteiger partial charge in [-0.25, -0.2) is 4.79 Å². The van der Waals surface area contributed by atoms with Gasteiger partial charge >= 0.3 is 6.03 Å². The van der Waals surface area contributed by atoms with E-state index in [0.717, 1.165) is 12.8 Å². The molecule has 13 heavy (non-hydrogen) atoms. The Labute approximate surface area is 78.5 Å². The molecule has 74 valence electrons. The smallest absolute Gasteiger partial charge is 0.314 e. The first-order valence-corrected chi connectivity index (χ1v) is 4.95. The van der Waals surface area contributed by atoms with Crippen LogP contribution in [0.4, 0.5) is 4.79 Å². The minimum absolute atomic E-state index is 0.300. The number of nitrogens with two attached hydrogens (primary N) is 1. The van der Waals surface area contributed by atoms with E-state index in [0.29, 0.717) is 18.1 Å². The number of hydrogen-bond acceptors (Lipinski definition) is 2. The lowest BCUT2D eigenvalue weighted by Gasteiger charge is -2.34.